The standard InChI is InChI=1S/C17H18O3S/c18-17(19)16-10-8-15(9-11-16)13-21(20)12-4-7-14-5-2-1-3-6-14/h1-3,5-6,8-11H,4,7,12-13H2,(H,18,19). The van der Waals surface area contributed by atoms with Gasteiger partial charge in [-0.25, -0.2) is 4.79 Å². The summed E-state index contributed by atoms with van der Waals surface area (Å²) in [7, 11) is -0.909. The van der Waals surface area contributed by atoms with Gasteiger partial charge in [-0.05, 0) is 36.1 Å². The molecule has 0 aliphatic carbocycles. The highest BCUT2D eigenvalue weighted by Gasteiger charge is 2.05. The first kappa shape index (κ1) is 15.4. The van der Waals surface area contributed by atoms with Gasteiger partial charge in [0.15, 0.2) is 0 Å². The van der Waals surface area contributed by atoms with Crippen molar-refractivity contribution < 1.29 is 14.1 Å². The molecule has 1 unspecified atom stereocenters. The molecule has 0 saturated heterocycles. The Morgan fingerprint density at radius 1 is 0.952 bits per heavy atom. The molecule has 0 bridgehead atoms. The van der Waals surface area contributed by atoms with E-state index in [1.807, 2.05) is 18.2 Å². The van der Waals surface area contributed by atoms with E-state index < -0.39 is 16.8 Å². The van der Waals surface area contributed by atoms with Crippen molar-refractivity contribution in [1.82, 2.24) is 0 Å². The third kappa shape index (κ3) is 5.16. The Balaban J connectivity index is 1.78. The van der Waals surface area contributed by atoms with Crippen LogP contribution in [0, 0.1) is 0 Å². The molecular weight excluding hydrogens is 284 g/mol. The summed E-state index contributed by atoms with van der Waals surface area (Å²) in [4.78, 5) is 10.8. The number of carboxylic acid groups (broad SMARTS) is 1. The van der Waals surface area contributed by atoms with Crippen molar-refractivity contribution in [2.45, 2.75) is 18.6 Å². The van der Waals surface area contributed by atoms with Gasteiger partial charge in [0.1, 0.15) is 0 Å². The average Bonchev–Trinajstić information content (AvgIpc) is 2.49. The quantitative estimate of drug-likeness (QED) is 0.854. The minimum absolute atomic E-state index is 0.258. The summed E-state index contributed by atoms with van der Waals surface area (Å²) in [6, 6.07) is 16.7. The highest BCUT2D eigenvalue weighted by Crippen LogP contribution is 2.09. The van der Waals surface area contributed by atoms with Gasteiger partial charge in [0.05, 0.1) is 5.56 Å². The molecule has 0 fully saturated rings. The molecule has 0 aliphatic rings. The maximum atomic E-state index is 12.0. The second-order valence-corrected chi connectivity index (χ2v) is 6.46. The SMILES string of the molecule is O=C(O)c1ccc(CS(=O)CCCc2ccccc2)cc1. The molecule has 0 radical (unpaired) electrons. The van der Waals surface area contributed by atoms with Gasteiger partial charge in [-0.3, -0.25) is 4.21 Å². The van der Waals surface area contributed by atoms with E-state index >= 15 is 0 Å². The first-order valence-corrected chi connectivity index (χ1v) is 8.35. The lowest BCUT2D eigenvalue weighted by Gasteiger charge is -2.04. The van der Waals surface area contributed by atoms with Gasteiger partial charge in [-0.15, -0.1) is 0 Å². The largest absolute Gasteiger partial charge is 0.478 e. The predicted molar refractivity (Wildman–Crippen MR) is 84.9 cm³/mol. The van der Waals surface area contributed by atoms with Crippen LogP contribution in [0.3, 0.4) is 0 Å². The summed E-state index contributed by atoms with van der Waals surface area (Å²) in [5.74, 6) is 0.204. The Hall–Kier alpha value is -1.94. The van der Waals surface area contributed by atoms with Crippen LogP contribution in [0.2, 0.25) is 0 Å². The zero-order valence-corrected chi connectivity index (χ0v) is 12.5. The fraction of sp³-hybridized carbons (Fsp3) is 0.235. The van der Waals surface area contributed by atoms with Gasteiger partial charge in [0.2, 0.25) is 0 Å². The fourth-order valence-electron chi connectivity index (χ4n) is 2.08. The maximum Gasteiger partial charge on any atom is 0.335 e. The fourth-order valence-corrected chi connectivity index (χ4v) is 3.26. The van der Waals surface area contributed by atoms with Crippen LogP contribution in [-0.2, 0) is 23.0 Å². The molecule has 2 aromatic carbocycles. The van der Waals surface area contributed by atoms with Crippen LogP contribution in [0.1, 0.15) is 27.9 Å². The summed E-state index contributed by atoms with van der Waals surface area (Å²) in [6.07, 6.45) is 1.83. The van der Waals surface area contributed by atoms with Crippen LogP contribution < -0.4 is 0 Å². The van der Waals surface area contributed by atoms with Crippen molar-refractivity contribution in [1.29, 1.82) is 0 Å². The van der Waals surface area contributed by atoms with Crippen LogP contribution in [0.4, 0.5) is 0 Å². The summed E-state index contributed by atoms with van der Waals surface area (Å²) in [6.45, 7) is 0. The molecule has 0 amide bonds. The molecule has 2 rings (SSSR count). The zero-order valence-electron chi connectivity index (χ0n) is 11.7. The molecule has 3 nitrogen and oxygen atoms in total. The summed E-state index contributed by atoms with van der Waals surface area (Å²) >= 11 is 0. The smallest absolute Gasteiger partial charge is 0.335 e. The molecule has 0 spiro atoms. The Labute approximate surface area is 127 Å². The van der Waals surface area contributed by atoms with Crippen LogP contribution in [-0.4, -0.2) is 21.0 Å². The number of rotatable bonds is 7. The van der Waals surface area contributed by atoms with E-state index in [1.54, 1.807) is 24.3 Å². The van der Waals surface area contributed by atoms with Gasteiger partial charge in [0, 0.05) is 22.3 Å². The molecule has 1 atom stereocenters. The van der Waals surface area contributed by atoms with E-state index in [2.05, 4.69) is 12.1 Å². The number of aryl methyl sites for hydroxylation is 1. The van der Waals surface area contributed by atoms with E-state index in [1.165, 1.54) is 5.56 Å². The number of benzene rings is 2. The van der Waals surface area contributed by atoms with Crippen molar-refractivity contribution >= 4 is 16.8 Å². The van der Waals surface area contributed by atoms with Crippen molar-refractivity contribution in [2.75, 3.05) is 5.75 Å². The molecule has 0 aromatic heterocycles. The third-order valence-electron chi connectivity index (χ3n) is 3.21. The van der Waals surface area contributed by atoms with Gasteiger partial charge >= 0.3 is 5.97 Å². The highest BCUT2D eigenvalue weighted by atomic mass is 32.2. The first-order chi connectivity index (χ1) is 10.1. The number of aromatic carboxylic acids is 1. The van der Waals surface area contributed by atoms with Gasteiger partial charge in [-0.1, -0.05) is 42.5 Å². The normalized spacial score (nSPS) is 12.0. The molecule has 0 heterocycles. The number of carbonyl (C=O) groups is 1. The monoisotopic (exact) mass is 302 g/mol. The lowest BCUT2D eigenvalue weighted by Crippen LogP contribution is -2.03. The maximum absolute atomic E-state index is 12.0. The lowest BCUT2D eigenvalue weighted by molar-refractivity contribution is 0.0697. The summed E-state index contributed by atoms with van der Waals surface area (Å²) in [5.41, 5.74) is 2.44. The van der Waals surface area contributed by atoms with E-state index in [0.29, 0.717) is 11.5 Å². The van der Waals surface area contributed by atoms with Crippen molar-refractivity contribution in [3.63, 3.8) is 0 Å². The first-order valence-electron chi connectivity index (χ1n) is 6.86. The topological polar surface area (TPSA) is 54.4 Å². The number of carboxylic acids is 1. The Bertz CT molecular complexity index is 606. The van der Waals surface area contributed by atoms with Crippen LogP contribution in [0.25, 0.3) is 0 Å². The lowest BCUT2D eigenvalue weighted by atomic mass is 10.1. The van der Waals surface area contributed by atoms with Crippen LogP contribution >= 0.6 is 0 Å². The van der Waals surface area contributed by atoms with Gasteiger partial charge in [0.25, 0.3) is 0 Å². The molecule has 2 aromatic rings. The molecule has 0 saturated carbocycles. The van der Waals surface area contributed by atoms with E-state index in [0.717, 1.165) is 18.4 Å². The molecule has 0 aliphatic heterocycles. The average molecular weight is 302 g/mol. The van der Waals surface area contributed by atoms with E-state index in [-0.39, 0.29) is 5.56 Å². The highest BCUT2D eigenvalue weighted by molar-refractivity contribution is 7.84. The summed E-state index contributed by atoms with van der Waals surface area (Å²) in [5, 5.41) is 8.82. The molecule has 21 heavy (non-hydrogen) atoms. The Kier molecular flexibility index (Phi) is 5.69. The minimum atomic E-state index is -0.939. The molecule has 110 valence electrons. The van der Waals surface area contributed by atoms with E-state index in [9.17, 15) is 9.00 Å². The second-order valence-electron chi connectivity index (χ2n) is 4.88. The number of hydrogen-bond donors (Lipinski definition) is 1. The van der Waals surface area contributed by atoms with Crippen molar-refractivity contribution in [3.8, 4) is 0 Å². The predicted octanol–water partition coefficient (Wildman–Crippen LogP) is 3.27. The Morgan fingerprint density at radius 2 is 1.62 bits per heavy atom. The molecule has 1 N–H and O–H groups in total. The van der Waals surface area contributed by atoms with Crippen LogP contribution in [0.5, 0.6) is 0 Å². The minimum Gasteiger partial charge on any atom is -0.478 e. The van der Waals surface area contributed by atoms with Crippen LogP contribution in [0.15, 0.2) is 54.6 Å². The zero-order chi connectivity index (χ0) is 15.1. The third-order valence-corrected chi connectivity index (χ3v) is 4.61. The van der Waals surface area contributed by atoms with Crippen molar-refractivity contribution in [2.24, 2.45) is 0 Å². The van der Waals surface area contributed by atoms with Crippen molar-refractivity contribution in [3.05, 3.63) is 71.3 Å². The summed E-state index contributed by atoms with van der Waals surface area (Å²) < 4.78 is 12.0. The number of hydrogen-bond acceptors (Lipinski definition) is 2. The van der Waals surface area contributed by atoms with Gasteiger partial charge in [-0.2, -0.15) is 0 Å². The second kappa shape index (κ2) is 7.74. The van der Waals surface area contributed by atoms with E-state index in [4.69, 9.17) is 5.11 Å². The molecule has 4 heteroatoms. The molecular formula is C17H18O3S. The van der Waals surface area contributed by atoms with Gasteiger partial charge < -0.3 is 5.11 Å². The Morgan fingerprint density at radius 3 is 2.24 bits per heavy atom.